The summed E-state index contributed by atoms with van der Waals surface area (Å²) in [5, 5.41) is 0. The van der Waals surface area contributed by atoms with Gasteiger partial charge >= 0.3 is 5.97 Å². The minimum Gasteiger partial charge on any atom is -0.464 e. The zero-order valence-corrected chi connectivity index (χ0v) is 9.17. The molecule has 3 heteroatoms. The van der Waals surface area contributed by atoms with Crippen molar-refractivity contribution in [1.82, 2.24) is 4.90 Å². The van der Waals surface area contributed by atoms with Gasteiger partial charge in [-0.2, -0.15) is 0 Å². The Balaban J connectivity index is 3.50. The Morgan fingerprint density at radius 3 is 2.54 bits per heavy atom. The molecule has 0 fully saturated rings. The third-order valence-corrected chi connectivity index (χ3v) is 1.91. The van der Waals surface area contributed by atoms with Gasteiger partial charge in [-0.25, -0.2) is 0 Å². The molecule has 0 aliphatic heterocycles. The van der Waals surface area contributed by atoms with E-state index in [1.165, 1.54) is 0 Å². The van der Waals surface area contributed by atoms with Crippen LogP contribution < -0.4 is 0 Å². The zero-order valence-electron chi connectivity index (χ0n) is 9.17. The van der Waals surface area contributed by atoms with Gasteiger partial charge in [0.1, 0.15) is 6.61 Å². The highest BCUT2D eigenvalue weighted by molar-refractivity contribution is 5.71. The van der Waals surface area contributed by atoms with E-state index in [1.54, 1.807) is 0 Å². The van der Waals surface area contributed by atoms with Gasteiger partial charge in [0, 0.05) is 6.54 Å². The quantitative estimate of drug-likeness (QED) is 0.591. The molecule has 0 bridgehead atoms. The Hall–Kier alpha value is -0.570. The number of rotatable bonds is 6. The number of nitrogens with zero attached hydrogens (tertiary/aromatic N) is 1. The number of esters is 1. The second kappa shape index (κ2) is 6.89. The highest BCUT2D eigenvalue weighted by Gasteiger charge is 2.12. The number of carbonyl (C=O) groups excluding carboxylic acids is 1. The van der Waals surface area contributed by atoms with Crippen molar-refractivity contribution in [3.05, 3.63) is 0 Å². The van der Waals surface area contributed by atoms with E-state index >= 15 is 0 Å². The van der Waals surface area contributed by atoms with Crippen LogP contribution in [-0.4, -0.2) is 38.1 Å². The van der Waals surface area contributed by atoms with Crippen LogP contribution in [0.4, 0.5) is 0 Å². The first-order chi connectivity index (χ1) is 6.07. The Bertz CT molecular complexity index is 146. The van der Waals surface area contributed by atoms with Gasteiger partial charge < -0.3 is 9.64 Å². The second-order valence-corrected chi connectivity index (χ2v) is 3.66. The summed E-state index contributed by atoms with van der Waals surface area (Å²) in [6.07, 6.45) is 1.95. The molecule has 0 rings (SSSR count). The number of carbonyl (C=O) groups is 1. The second-order valence-electron chi connectivity index (χ2n) is 3.66. The fourth-order valence-electron chi connectivity index (χ4n) is 1.02. The third kappa shape index (κ3) is 6.58. The lowest BCUT2D eigenvalue weighted by Gasteiger charge is -2.12. The van der Waals surface area contributed by atoms with Crippen LogP contribution in [0.3, 0.4) is 0 Å². The smallest absolute Gasteiger partial charge is 0.308 e. The number of likely N-dealkylation sites (N-methyl/N-ethyl adjacent to an activating group) is 1. The van der Waals surface area contributed by atoms with Crippen molar-refractivity contribution in [2.24, 2.45) is 5.92 Å². The molecule has 78 valence electrons. The van der Waals surface area contributed by atoms with Crippen molar-refractivity contribution >= 4 is 5.97 Å². The van der Waals surface area contributed by atoms with Gasteiger partial charge in [-0.3, -0.25) is 4.79 Å². The first-order valence-corrected chi connectivity index (χ1v) is 4.89. The summed E-state index contributed by atoms with van der Waals surface area (Å²) in [6.45, 7) is 5.29. The maximum absolute atomic E-state index is 11.3. The van der Waals surface area contributed by atoms with Crippen LogP contribution in [0.25, 0.3) is 0 Å². The molecule has 0 spiro atoms. The van der Waals surface area contributed by atoms with Crippen molar-refractivity contribution in [1.29, 1.82) is 0 Å². The van der Waals surface area contributed by atoms with E-state index in [9.17, 15) is 4.79 Å². The van der Waals surface area contributed by atoms with Crippen LogP contribution in [0.5, 0.6) is 0 Å². The van der Waals surface area contributed by atoms with E-state index in [2.05, 4.69) is 6.92 Å². The summed E-state index contributed by atoms with van der Waals surface area (Å²) in [5.41, 5.74) is 0. The van der Waals surface area contributed by atoms with Crippen LogP contribution in [0.2, 0.25) is 0 Å². The fraction of sp³-hybridized carbons (Fsp3) is 0.900. The Morgan fingerprint density at radius 2 is 2.08 bits per heavy atom. The number of hydrogen-bond acceptors (Lipinski definition) is 3. The summed E-state index contributed by atoms with van der Waals surface area (Å²) in [5.74, 6) is -0.0177. The van der Waals surface area contributed by atoms with E-state index in [0.717, 1.165) is 19.4 Å². The Kier molecular flexibility index (Phi) is 6.59. The van der Waals surface area contributed by atoms with E-state index in [0.29, 0.717) is 6.61 Å². The lowest BCUT2D eigenvalue weighted by molar-refractivity contribution is -0.148. The van der Waals surface area contributed by atoms with Gasteiger partial charge in [-0.05, 0) is 20.5 Å². The van der Waals surface area contributed by atoms with Crippen molar-refractivity contribution in [2.75, 3.05) is 27.2 Å². The van der Waals surface area contributed by atoms with Gasteiger partial charge in [0.05, 0.1) is 5.92 Å². The molecule has 0 amide bonds. The predicted octanol–water partition coefficient (Wildman–Crippen LogP) is 1.53. The molecule has 0 aliphatic carbocycles. The molecule has 0 aliphatic rings. The minimum atomic E-state index is -0.0660. The molecule has 1 atom stereocenters. The zero-order chi connectivity index (χ0) is 10.3. The Labute approximate surface area is 81.1 Å². The molecule has 1 unspecified atom stereocenters. The van der Waals surface area contributed by atoms with Crippen LogP contribution in [0.1, 0.15) is 26.7 Å². The first-order valence-electron chi connectivity index (χ1n) is 4.89. The average molecular weight is 187 g/mol. The van der Waals surface area contributed by atoms with Crippen LogP contribution in [0, 0.1) is 5.92 Å². The summed E-state index contributed by atoms with van der Waals surface area (Å²) < 4.78 is 5.09. The maximum Gasteiger partial charge on any atom is 0.308 e. The molecule has 0 heterocycles. The van der Waals surface area contributed by atoms with Crippen LogP contribution >= 0.6 is 0 Å². The highest BCUT2D eigenvalue weighted by Crippen LogP contribution is 2.06. The van der Waals surface area contributed by atoms with Crippen LogP contribution in [-0.2, 0) is 9.53 Å². The van der Waals surface area contributed by atoms with Crippen LogP contribution in [0.15, 0.2) is 0 Å². The lowest BCUT2D eigenvalue weighted by Crippen LogP contribution is -2.22. The average Bonchev–Trinajstić information content (AvgIpc) is 2.04. The molecule has 0 aromatic carbocycles. The fourth-order valence-corrected chi connectivity index (χ4v) is 1.02. The molecule has 0 N–H and O–H groups in total. The van der Waals surface area contributed by atoms with Crippen molar-refractivity contribution in [3.63, 3.8) is 0 Å². The van der Waals surface area contributed by atoms with Gasteiger partial charge in [-0.1, -0.05) is 20.3 Å². The molecule has 0 saturated heterocycles. The maximum atomic E-state index is 11.3. The summed E-state index contributed by atoms with van der Waals surface area (Å²) in [6, 6.07) is 0. The largest absolute Gasteiger partial charge is 0.464 e. The van der Waals surface area contributed by atoms with Gasteiger partial charge in [0.15, 0.2) is 0 Å². The van der Waals surface area contributed by atoms with Gasteiger partial charge in [0.25, 0.3) is 0 Å². The van der Waals surface area contributed by atoms with Crippen molar-refractivity contribution < 1.29 is 9.53 Å². The third-order valence-electron chi connectivity index (χ3n) is 1.91. The van der Waals surface area contributed by atoms with Crippen molar-refractivity contribution in [2.45, 2.75) is 26.7 Å². The molecule has 13 heavy (non-hydrogen) atoms. The molecule has 0 aromatic heterocycles. The topological polar surface area (TPSA) is 29.5 Å². The standard InChI is InChI=1S/C10H21NO2/c1-5-6-9(2)10(12)13-8-7-11(3)4/h9H,5-8H2,1-4H3. The molecule has 0 aromatic rings. The van der Waals surface area contributed by atoms with Gasteiger partial charge in [0.2, 0.25) is 0 Å². The van der Waals surface area contributed by atoms with Gasteiger partial charge in [-0.15, -0.1) is 0 Å². The molecule has 0 saturated carbocycles. The molecule has 0 radical (unpaired) electrons. The SMILES string of the molecule is CCCC(C)C(=O)OCCN(C)C. The predicted molar refractivity (Wildman–Crippen MR) is 53.6 cm³/mol. The normalized spacial score (nSPS) is 13.0. The number of hydrogen-bond donors (Lipinski definition) is 0. The molecule has 3 nitrogen and oxygen atoms in total. The first kappa shape index (κ1) is 12.4. The monoisotopic (exact) mass is 187 g/mol. The van der Waals surface area contributed by atoms with E-state index in [-0.39, 0.29) is 11.9 Å². The summed E-state index contributed by atoms with van der Waals surface area (Å²) >= 11 is 0. The van der Waals surface area contributed by atoms with E-state index in [1.807, 2.05) is 25.9 Å². The lowest BCUT2D eigenvalue weighted by atomic mass is 10.1. The summed E-state index contributed by atoms with van der Waals surface area (Å²) in [4.78, 5) is 13.3. The molecular formula is C10H21NO2. The highest BCUT2D eigenvalue weighted by atomic mass is 16.5. The Morgan fingerprint density at radius 1 is 1.46 bits per heavy atom. The van der Waals surface area contributed by atoms with E-state index in [4.69, 9.17) is 4.74 Å². The summed E-state index contributed by atoms with van der Waals surface area (Å²) in [7, 11) is 3.92. The van der Waals surface area contributed by atoms with E-state index < -0.39 is 0 Å². The molecular weight excluding hydrogens is 166 g/mol. The minimum absolute atomic E-state index is 0.0483. The van der Waals surface area contributed by atoms with Crippen molar-refractivity contribution in [3.8, 4) is 0 Å². The number of ether oxygens (including phenoxy) is 1.